The van der Waals surface area contributed by atoms with Gasteiger partial charge in [0, 0.05) is 50.8 Å². The topological polar surface area (TPSA) is 41.4 Å². The number of fused-ring (bicyclic) bond motifs is 1. The van der Waals surface area contributed by atoms with Gasteiger partial charge in [-0.25, -0.2) is 0 Å². The van der Waals surface area contributed by atoms with Gasteiger partial charge in [0.25, 0.3) is 0 Å². The zero-order chi connectivity index (χ0) is 17.4. The molecule has 5 heteroatoms. The molecule has 0 aliphatic carbocycles. The third kappa shape index (κ3) is 2.86. The standard InChI is InChI=1S/C20H26N4O/c1-16(25)24-11-9-20(18-6-4-3-5-7-18)8-10-23(15-19(20)24)14-17-12-21-22(2)13-17/h3-7,12-13,19H,8-11,14-15H2,1-2H3/t19-,20+/m0/s1. The van der Waals surface area contributed by atoms with Gasteiger partial charge in [0.1, 0.15) is 0 Å². The van der Waals surface area contributed by atoms with Gasteiger partial charge < -0.3 is 4.90 Å². The van der Waals surface area contributed by atoms with Crippen LogP contribution in [0.5, 0.6) is 0 Å². The third-order valence-electron chi connectivity index (χ3n) is 6.04. The van der Waals surface area contributed by atoms with Crippen molar-refractivity contribution in [1.29, 1.82) is 0 Å². The highest BCUT2D eigenvalue weighted by atomic mass is 16.2. The summed E-state index contributed by atoms with van der Waals surface area (Å²) in [5.41, 5.74) is 2.74. The fourth-order valence-corrected chi connectivity index (χ4v) is 4.78. The van der Waals surface area contributed by atoms with Gasteiger partial charge in [0.15, 0.2) is 0 Å². The van der Waals surface area contributed by atoms with Crippen LogP contribution in [0.1, 0.15) is 30.9 Å². The van der Waals surface area contributed by atoms with E-state index in [0.29, 0.717) is 0 Å². The number of rotatable bonds is 3. The van der Waals surface area contributed by atoms with E-state index in [-0.39, 0.29) is 17.4 Å². The number of likely N-dealkylation sites (tertiary alicyclic amines) is 2. The Morgan fingerprint density at radius 1 is 1.24 bits per heavy atom. The molecule has 25 heavy (non-hydrogen) atoms. The number of aryl methyl sites for hydroxylation is 1. The first-order chi connectivity index (χ1) is 12.1. The van der Waals surface area contributed by atoms with Gasteiger partial charge in [0.2, 0.25) is 5.91 Å². The molecule has 0 bridgehead atoms. The van der Waals surface area contributed by atoms with Gasteiger partial charge in [-0.2, -0.15) is 5.10 Å². The average Bonchev–Trinajstić information content (AvgIpc) is 3.20. The van der Waals surface area contributed by atoms with E-state index in [2.05, 4.69) is 51.4 Å². The number of carbonyl (C=O) groups is 1. The first-order valence-electron chi connectivity index (χ1n) is 9.11. The number of amides is 1. The number of nitrogens with zero attached hydrogens (tertiary/aromatic N) is 4. The Hall–Kier alpha value is -2.14. The fourth-order valence-electron chi connectivity index (χ4n) is 4.78. The molecule has 4 rings (SSSR count). The average molecular weight is 338 g/mol. The van der Waals surface area contributed by atoms with Gasteiger partial charge in [0.05, 0.1) is 12.2 Å². The van der Waals surface area contributed by atoms with Gasteiger partial charge in [-0.3, -0.25) is 14.4 Å². The first-order valence-corrected chi connectivity index (χ1v) is 9.11. The molecule has 5 nitrogen and oxygen atoms in total. The molecule has 0 N–H and O–H groups in total. The van der Waals surface area contributed by atoms with Crippen molar-refractivity contribution in [2.45, 2.75) is 37.8 Å². The van der Waals surface area contributed by atoms with E-state index in [1.807, 2.05) is 17.9 Å². The number of hydrogen-bond donors (Lipinski definition) is 0. The van der Waals surface area contributed by atoms with Crippen LogP contribution in [0.15, 0.2) is 42.7 Å². The van der Waals surface area contributed by atoms with Crippen LogP contribution in [0.2, 0.25) is 0 Å². The Balaban J connectivity index is 1.60. The highest BCUT2D eigenvalue weighted by molar-refractivity contribution is 5.74. The number of carbonyl (C=O) groups excluding carboxylic acids is 1. The van der Waals surface area contributed by atoms with E-state index >= 15 is 0 Å². The highest BCUT2D eigenvalue weighted by Gasteiger charge is 2.51. The van der Waals surface area contributed by atoms with Gasteiger partial charge in [-0.05, 0) is 24.9 Å². The largest absolute Gasteiger partial charge is 0.338 e. The first kappa shape index (κ1) is 16.3. The van der Waals surface area contributed by atoms with Gasteiger partial charge in [-0.15, -0.1) is 0 Å². The predicted molar refractivity (Wildman–Crippen MR) is 97.0 cm³/mol. The quantitative estimate of drug-likeness (QED) is 0.861. The van der Waals surface area contributed by atoms with Crippen LogP contribution in [0, 0.1) is 0 Å². The van der Waals surface area contributed by atoms with E-state index in [1.165, 1.54) is 11.1 Å². The highest BCUT2D eigenvalue weighted by Crippen LogP contribution is 2.45. The monoisotopic (exact) mass is 338 g/mol. The van der Waals surface area contributed by atoms with Crippen molar-refractivity contribution in [2.24, 2.45) is 7.05 Å². The summed E-state index contributed by atoms with van der Waals surface area (Å²) in [6, 6.07) is 11.1. The van der Waals surface area contributed by atoms with Crippen molar-refractivity contribution in [3.8, 4) is 0 Å². The van der Waals surface area contributed by atoms with E-state index in [9.17, 15) is 4.79 Å². The van der Waals surface area contributed by atoms with Crippen molar-refractivity contribution in [3.05, 3.63) is 53.9 Å². The second-order valence-corrected chi connectivity index (χ2v) is 7.51. The van der Waals surface area contributed by atoms with Crippen LogP contribution in [0.3, 0.4) is 0 Å². The van der Waals surface area contributed by atoms with Crippen molar-refractivity contribution in [2.75, 3.05) is 19.6 Å². The Morgan fingerprint density at radius 3 is 2.68 bits per heavy atom. The molecule has 3 heterocycles. The lowest BCUT2D eigenvalue weighted by Gasteiger charge is -2.46. The van der Waals surface area contributed by atoms with Crippen LogP contribution in [0.25, 0.3) is 0 Å². The maximum absolute atomic E-state index is 12.2. The molecule has 132 valence electrons. The minimum atomic E-state index is 0.109. The second kappa shape index (κ2) is 6.30. The van der Waals surface area contributed by atoms with E-state index in [0.717, 1.165) is 39.0 Å². The summed E-state index contributed by atoms with van der Waals surface area (Å²) in [6.07, 6.45) is 6.20. The second-order valence-electron chi connectivity index (χ2n) is 7.51. The molecule has 2 saturated heterocycles. The fraction of sp³-hybridized carbons (Fsp3) is 0.500. The summed E-state index contributed by atoms with van der Waals surface area (Å²) < 4.78 is 1.85. The van der Waals surface area contributed by atoms with E-state index < -0.39 is 0 Å². The van der Waals surface area contributed by atoms with Crippen molar-refractivity contribution >= 4 is 5.91 Å². The van der Waals surface area contributed by atoms with Crippen LogP contribution in [-0.4, -0.2) is 51.2 Å². The molecule has 2 atom stereocenters. The molecule has 0 saturated carbocycles. The molecule has 1 amide bonds. The molecule has 2 fully saturated rings. The molecule has 2 aromatic rings. The van der Waals surface area contributed by atoms with Crippen molar-refractivity contribution < 1.29 is 4.79 Å². The van der Waals surface area contributed by atoms with E-state index in [1.54, 1.807) is 6.92 Å². The Kier molecular flexibility index (Phi) is 4.12. The molecule has 0 radical (unpaired) electrons. The smallest absolute Gasteiger partial charge is 0.219 e. The molecular weight excluding hydrogens is 312 g/mol. The molecule has 1 aromatic carbocycles. The Bertz CT molecular complexity index is 756. The lowest BCUT2D eigenvalue weighted by Crippen LogP contribution is -2.56. The minimum absolute atomic E-state index is 0.109. The summed E-state index contributed by atoms with van der Waals surface area (Å²) in [6.45, 7) is 5.48. The van der Waals surface area contributed by atoms with Crippen LogP contribution < -0.4 is 0 Å². The SMILES string of the molecule is CC(=O)N1CC[C@@]2(c3ccccc3)CCN(Cc3cnn(C)c3)C[C@H]12. The number of piperidine rings is 1. The summed E-state index contributed by atoms with van der Waals surface area (Å²) in [5, 5.41) is 4.28. The summed E-state index contributed by atoms with van der Waals surface area (Å²) in [4.78, 5) is 16.8. The maximum Gasteiger partial charge on any atom is 0.219 e. The molecule has 1 aromatic heterocycles. The van der Waals surface area contributed by atoms with Crippen LogP contribution in [0.4, 0.5) is 0 Å². The zero-order valence-electron chi connectivity index (χ0n) is 15.1. The number of hydrogen-bond acceptors (Lipinski definition) is 3. The maximum atomic E-state index is 12.2. The Labute approximate surface area is 149 Å². The molecule has 2 aliphatic rings. The zero-order valence-corrected chi connectivity index (χ0v) is 15.1. The lowest BCUT2D eigenvalue weighted by molar-refractivity contribution is -0.131. The predicted octanol–water partition coefficient (Wildman–Crippen LogP) is 2.18. The summed E-state index contributed by atoms with van der Waals surface area (Å²) in [5.74, 6) is 0.200. The molecule has 2 aliphatic heterocycles. The normalized spacial score (nSPS) is 26.6. The van der Waals surface area contributed by atoms with E-state index in [4.69, 9.17) is 0 Å². The summed E-state index contributed by atoms with van der Waals surface area (Å²) in [7, 11) is 1.95. The molecular formula is C20H26N4O. The third-order valence-corrected chi connectivity index (χ3v) is 6.04. The van der Waals surface area contributed by atoms with Gasteiger partial charge >= 0.3 is 0 Å². The van der Waals surface area contributed by atoms with Gasteiger partial charge in [-0.1, -0.05) is 30.3 Å². The minimum Gasteiger partial charge on any atom is -0.338 e. The molecule has 0 unspecified atom stereocenters. The number of aromatic nitrogens is 2. The number of benzene rings is 1. The van der Waals surface area contributed by atoms with Crippen LogP contribution >= 0.6 is 0 Å². The lowest BCUT2D eigenvalue weighted by atomic mass is 9.69. The molecule has 0 spiro atoms. The van der Waals surface area contributed by atoms with Crippen molar-refractivity contribution in [3.63, 3.8) is 0 Å². The Morgan fingerprint density at radius 2 is 2.00 bits per heavy atom. The van der Waals surface area contributed by atoms with Crippen molar-refractivity contribution in [1.82, 2.24) is 19.6 Å². The van der Waals surface area contributed by atoms with Crippen LogP contribution in [-0.2, 0) is 23.8 Å². The summed E-state index contributed by atoms with van der Waals surface area (Å²) >= 11 is 0.